The Morgan fingerprint density at radius 3 is 2.38 bits per heavy atom. The van der Waals surface area contributed by atoms with Crippen molar-refractivity contribution in [2.75, 3.05) is 19.0 Å². The maximum Gasteiger partial charge on any atom is 0.244 e. The number of nitrogens with zero attached hydrogens (tertiary/aromatic N) is 1. The summed E-state index contributed by atoms with van der Waals surface area (Å²) < 4.78 is 5.09. The molecule has 0 radical (unpaired) electrons. The molecule has 0 spiro atoms. The molecule has 2 aromatic carbocycles. The smallest absolute Gasteiger partial charge is 0.244 e. The van der Waals surface area contributed by atoms with Gasteiger partial charge in [-0.1, -0.05) is 30.3 Å². The highest BCUT2D eigenvalue weighted by molar-refractivity contribution is 6.08. The monoisotopic (exact) mass is 392 g/mol. The third kappa shape index (κ3) is 3.88. The van der Waals surface area contributed by atoms with Gasteiger partial charge in [0.05, 0.1) is 18.9 Å². The summed E-state index contributed by atoms with van der Waals surface area (Å²) in [7, 11) is 1.57. The molecule has 0 unspecified atom stereocenters. The molecule has 1 aliphatic heterocycles. The largest absolute Gasteiger partial charge is 0.497 e. The SMILES string of the molecule is COc1ccc(NC(=O)CN2C(=O)[C@@H]3CC[C@@H](c4ccccc4)C[C@H]3C2=O)cc1. The number of amides is 3. The maximum atomic E-state index is 12.9. The molecule has 0 aromatic heterocycles. The van der Waals surface area contributed by atoms with E-state index in [1.807, 2.05) is 18.2 Å². The second kappa shape index (κ2) is 8.07. The number of imide groups is 1. The average Bonchev–Trinajstić information content (AvgIpc) is 2.99. The number of hydrogen-bond donors (Lipinski definition) is 1. The fraction of sp³-hybridized carbons (Fsp3) is 0.348. The standard InChI is InChI=1S/C23H24N2O4/c1-29-18-10-8-17(9-11-18)24-21(26)14-25-22(27)19-12-7-16(13-20(19)23(25)28)15-5-3-2-4-6-15/h2-6,8-11,16,19-20H,7,12-14H2,1H3,(H,24,26)/t16-,19-,20-/m1/s1. The van der Waals surface area contributed by atoms with Gasteiger partial charge in [-0.3, -0.25) is 19.3 Å². The molecule has 2 aliphatic rings. The van der Waals surface area contributed by atoms with Gasteiger partial charge < -0.3 is 10.1 Å². The minimum Gasteiger partial charge on any atom is -0.497 e. The van der Waals surface area contributed by atoms with Crippen molar-refractivity contribution in [2.24, 2.45) is 11.8 Å². The molecule has 1 aliphatic carbocycles. The van der Waals surface area contributed by atoms with Crippen molar-refractivity contribution < 1.29 is 19.1 Å². The molecular weight excluding hydrogens is 368 g/mol. The summed E-state index contributed by atoms with van der Waals surface area (Å²) in [6.07, 6.45) is 2.23. The number of nitrogens with one attached hydrogen (secondary N) is 1. The highest BCUT2D eigenvalue weighted by atomic mass is 16.5. The Morgan fingerprint density at radius 1 is 1.00 bits per heavy atom. The zero-order valence-electron chi connectivity index (χ0n) is 16.3. The second-order valence-corrected chi connectivity index (χ2v) is 7.67. The number of rotatable bonds is 5. The molecule has 3 amide bonds. The molecule has 1 saturated heterocycles. The van der Waals surface area contributed by atoms with Gasteiger partial charge in [0.1, 0.15) is 12.3 Å². The number of likely N-dealkylation sites (tertiary alicyclic amines) is 1. The van der Waals surface area contributed by atoms with Gasteiger partial charge in [-0.15, -0.1) is 0 Å². The summed E-state index contributed by atoms with van der Waals surface area (Å²) >= 11 is 0. The third-order valence-electron chi connectivity index (χ3n) is 5.96. The Labute approximate surface area is 169 Å². The van der Waals surface area contributed by atoms with Crippen LogP contribution in [0, 0.1) is 11.8 Å². The van der Waals surface area contributed by atoms with Crippen LogP contribution in [-0.2, 0) is 14.4 Å². The number of fused-ring (bicyclic) bond motifs is 1. The lowest BCUT2D eigenvalue weighted by atomic mass is 9.73. The van der Waals surface area contributed by atoms with E-state index >= 15 is 0 Å². The first-order valence-corrected chi connectivity index (χ1v) is 9.91. The van der Waals surface area contributed by atoms with Crippen LogP contribution in [0.5, 0.6) is 5.75 Å². The number of carbonyl (C=O) groups excluding carboxylic acids is 3. The zero-order chi connectivity index (χ0) is 20.4. The van der Waals surface area contributed by atoms with Gasteiger partial charge in [-0.05, 0) is 55.0 Å². The third-order valence-corrected chi connectivity index (χ3v) is 5.96. The molecule has 0 bridgehead atoms. The molecular formula is C23H24N2O4. The second-order valence-electron chi connectivity index (χ2n) is 7.67. The zero-order valence-corrected chi connectivity index (χ0v) is 16.3. The highest BCUT2D eigenvalue weighted by Crippen LogP contribution is 2.44. The van der Waals surface area contributed by atoms with E-state index in [1.165, 1.54) is 5.56 Å². The first-order chi connectivity index (χ1) is 14.1. The Bertz CT molecular complexity index is 910. The Morgan fingerprint density at radius 2 is 1.69 bits per heavy atom. The van der Waals surface area contributed by atoms with Gasteiger partial charge >= 0.3 is 0 Å². The van der Waals surface area contributed by atoms with E-state index < -0.39 is 0 Å². The minimum absolute atomic E-state index is 0.212. The van der Waals surface area contributed by atoms with Gasteiger partial charge in [-0.25, -0.2) is 0 Å². The molecule has 2 fully saturated rings. The van der Waals surface area contributed by atoms with Crippen molar-refractivity contribution in [3.8, 4) is 5.75 Å². The van der Waals surface area contributed by atoms with Crippen molar-refractivity contribution in [2.45, 2.75) is 25.2 Å². The van der Waals surface area contributed by atoms with Crippen molar-refractivity contribution in [3.05, 3.63) is 60.2 Å². The molecule has 2 aromatic rings. The van der Waals surface area contributed by atoms with Crippen LogP contribution in [0.15, 0.2) is 54.6 Å². The van der Waals surface area contributed by atoms with Crippen LogP contribution in [0.3, 0.4) is 0 Å². The Hall–Kier alpha value is -3.15. The van der Waals surface area contributed by atoms with E-state index in [1.54, 1.807) is 31.4 Å². The molecule has 4 rings (SSSR count). The Kier molecular flexibility index (Phi) is 5.34. The van der Waals surface area contributed by atoms with E-state index in [0.29, 0.717) is 24.3 Å². The van der Waals surface area contributed by atoms with Crippen LogP contribution in [-0.4, -0.2) is 36.3 Å². The van der Waals surface area contributed by atoms with Crippen LogP contribution in [0.2, 0.25) is 0 Å². The van der Waals surface area contributed by atoms with Crippen LogP contribution >= 0.6 is 0 Å². The normalized spacial score (nSPS) is 23.6. The summed E-state index contributed by atoms with van der Waals surface area (Å²) in [5.41, 5.74) is 1.80. The molecule has 1 N–H and O–H groups in total. The van der Waals surface area contributed by atoms with Crippen molar-refractivity contribution >= 4 is 23.4 Å². The molecule has 1 heterocycles. The topological polar surface area (TPSA) is 75.7 Å². The quantitative estimate of drug-likeness (QED) is 0.793. The molecule has 6 heteroatoms. The van der Waals surface area contributed by atoms with Crippen LogP contribution in [0.4, 0.5) is 5.69 Å². The fourth-order valence-electron chi connectivity index (χ4n) is 4.45. The van der Waals surface area contributed by atoms with Crippen molar-refractivity contribution in [1.82, 2.24) is 4.90 Å². The maximum absolute atomic E-state index is 12.9. The van der Waals surface area contributed by atoms with Gasteiger partial charge in [0.2, 0.25) is 17.7 Å². The number of hydrogen-bond acceptors (Lipinski definition) is 4. The van der Waals surface area contributed by atoms with Gasteiger partial charge in [0.15, 0.2) is 0 Å². The van der Waals surface area contributed by atoms with Gasteiger partial charge in [-0.2, -0.15) is 0 Å². The first kappa shape index (κ1) is 19.2. The minimum atomic E-state index is -0.380. The van der Waals surface area contributed by atoms with Crippen molar-refractivity contribution in [1.29, 1.82) is 0 Å². The van der Waals surface area contributed by atoms with Crippen molar-refractivity contribution in [3.63, 3.8) is 0 Å². The van der Waals surface area contributed by atoms with E-state index in [9.17, 15) is 14.4 Å². The number of methoxy groups -OCH3 is 1. The van der Waals surface area contributed by atoms with Gasteiger partial charge in [0, 0.05) is 5.69 Å². The first-order valence-electron chi connectivity index (χ1n) is 9.91. The highest BCUT2D eigenvalue weighted by Gasteiger charge is 2.50. The lowest BCUT2D eigenvalue weighted by molar-refractivity contribution is -0.142. The summed E-state index contributed by atoms with van der Waals surface area (Å²) in [5, 5.41) is 2.74. The summed E-state index contributed by atoms with van der Waals surface area (Å²) in [5.74, 6) is -0.462. The summed E-state index contributed by atoms with van der Waals surface area (Å²) in [6.45, 7) is -0.243. The van der Waals surface area contributed by atoms with Crippen LogP contribution in [0.1, 0.15) is 30.7 Å². The lowest BCUT2D eigenvalue weighted by Crippen LogP contribution is -2.38. The van der Waals surface area contributed by atoms with E-state index in [0.717, 1.165) is 11.3 Å². The molecule has 1 saturated carbocycles. The number of carbonyl (C=O) groups is 3. The van der Waals surface area contributed by atoms with E-state index in [4.69, 9.17) is 4.74 Å². The predicted octanol–water partition coefficient (Wildman–Crippen LogP) is 3.20. The molecule has 6 nitrogen and oxygen atoms in total. The van der Waals surface area contributed by atoms with Crippen LogP contribution < -0.4 is 10.1 Å². The summed E-state index contributed by atoms with van der Waals surface area (Å²) in [6, 6.07) is 17.0. The molecule has 150 valence electrons. The average molecular weight is 392 g/mol. The van der Waals surface area contributed by atoms with Gasteiger partial charge in [0.25, 0.3) is 0 Å². The molecule has 3 atom stereocenters. The number of anilines is 1. The fourth-order valence-corrected chi connectivity index (χ4v) is 4.45. The van der Waals surface area contributed by atoms with E-state index in [2.05, 4.69) is 17.4 Å². The lowest BCUT2D eigenvalue weighted by Gasteiger charge is -2.28. The molecule has 29 heavy (non-hydrogen) atoms. The Balaban J connectivity index is 1.41. The number of ether oxygens (including phenoxy) is 1. The number of benzene rings is 2. The predicted molar refractivity (Wildman–Crippen MR) is 108 cm³/mol. The van der Waals surface area contributed by atoms with E-state index in [-0.39, 0.29) is 42.0 Å². The summed E-state index contributed by atoms with van der Waals surface area (Å²) in [4.78, 5) is 39.2. The van der Waals surface area contributed by atoms with Crippen LogP contribution in [0.25, 0.3) is 0 Å².